The Morgan fingerprint density at radius 2 is 1.25 bits per heavy atom. The summed E-state index contributed by atoms with van der Waals surface area (Å²) in [6.45, 7) is 3.96. The van der Waals surface area contributed by atoms with Crippen molar-refractivity contribution in [1.29, 1.82) is 0 Å². The molecule has 0 bridgehead atoms. The van der Waals surface area contributed by atoms with Crippen LogP contribution in [0.1, 0.15) is 21.5 Å². The van der Waals surface area contributed by atoms with Gasteiger partial charge in [0.05, 0.1) is 5.56 Å². The van der Waals surface area contributed by atoms with Gasteiger partial charge in [-0.3, -0.25) is 0 Å². The van der Waals surface area contributed by atoms with Gasteiger partial charge in [0, 0.05) is 34.9 Å². The first-order chi connectivity index (χ1) is 17.6. The Hall–Kier alpha value is -2.51. The van der Waals surface area contributed by atoms with Crippen molar-refractivity contribution in [2.24, 2.45) is 0 Å². The van der Waals surface area contributed by atoms with E-state index in [1.54, 1.807) is 65.3 Å². The summed E-state index contributed by atoms with van der Waals surface area (Å²) in [5, 5.41) is 0. The second kappa shape index (κ2) is 13.2. The van der Waals surface area contributed by atoms with Crippen LogP contribution in [0, 0.1) is 0 Å². The van der Waals surface area contributed by atoms with Crippen molar-refractivity contribution >= 4 is 59.1 Å². The quantitative estimate of drug-likeness (QED) is 0.145. The molecule has 0 spiro atoms. The minimum Gasteiger partial charge on any atom is -0.457 e. The van der Waals surface area contributed by atoms with Gasteiger partial charge in [0.1, 0.15) is 6.61 Å². The number of benzene rings is 4. The minimum absolute atomic E-state index is 0.209. The van der Waals surface area contributed by atoms with Gasteiger partial charge in [-0.2, -0.15) is 0 Å². The van der Waals surface area contributed by atoms with E-state index in [0.29, 0.717) is 5.56 Å². The molecule has 0 aliphatic carbocycles. The van der Waals surface area contributed by atoms with Crippen molar-refractivity contribution in [3.63, 3.8) is 0 Å². The predicted molar refractivity (Wildman–Crippen MR) is 157 cm³/mol. The van der Waals surface area contributed by atoms with Gasteiger partial charge in [-0.05, 0) is 90.9 Å². The van der Waals surface area contributed by atoms with Crippen LogP contribution >= 0.6 is 47.0 Å². The summed E-state index contributed by atoms with van der Waals surface area (Å²) >= 11 is 6.89. The van der Waals surface area contributed by atoms with Crippen LogP contribution in [0.15, 0.2) is 127 Å². The Kier molecular flexibility index (Phi) is 9.70. The number of hydrogen-bond acceptors (Lipinski definition) is 6. The van der Waals surface area contributed by atoms with Crippen molar-refractivity contribution < 1.29 is 9.53 Å². The molecule has 0 aromatic heterocycles. The van der Waals surface area contributed by atoms with Gasteiger partial charge in [0.15, 0.2) is 0 Å². The van der Waals surface area contributed by atoms with Gasteiger partial charge in [-0.15, -0.1) is 23.5 Å². The van der Waals surface area contributed by atoms with Gasteiger partial charge in [0.2, 0.25) is 0 Å². The molecule has 0 unspecified atom stereocenters. The minimum atomic E-state index is -0.335. The SMILES string of the molecule is C=Cc1ccc(C(=O)OCc2ccc(Sc3ccc(SC)cc3)cc2Sc2ccc(SC)cc2)cc1. The zero-order chi connectivity index (χ0) is 25.3. The number of ether oxygens (including phenoxy) is 1. The van der Waals surface area contributed by atoms with E-state index in [-0.39, 0.29) is 12.6 Å². The first-order valence-corrected chi connectivity index (χ1v) is 15.3. The first-order valence-electron chi connectivity index (χ1n) is 11.2. The Morgan fingerprint density at radius 3 is 1.81 bits per heavy atom. The zero-order valence-corrected chi connectivity index (χ0v) is 23.4. The molecule has 0 atom stereocenters. The Labute approximate surface area is 230 Å². The van der Waals surface area contributed by atoms with Crippen molar-refractivity contribution in [2.75, 3.05) is 12.5 Å². The summed E-state index contributed by atoms with van der Waals surface area (Å²) in [5.41, 5.74) is 2.48. The third-order valence-corrected chi connectivity index (χ3v) is 8.95. The van der Waals surface area contributed by atoms with Crippen LogP contribution in [0.25, 0.3) is 6.08 Å². The highest BCUT2D eigenvalue weighted by atomic mass is 32.2. The lowest BCUT2D eigenvalue weighted by molar-refractivity contribution is 0.0469. The lowest BCUT2D eigenvalue weighted by Gasteiger charge is -2.13. The van der Waals surface area contributed by atoms with E-state index in [1.807, 2.05) is 12.1 Å². The summed E-state index contributed by atoms with van der Waals surface area (Å²) in [6.07, 6.45) is 5.91. The highest BCUT2D eigenvalue weighted by Gasteiger charge is 2.12. The third-order valence-electron chi connectivity index (χ3n) is 5.36. The highest BCUT2D eigenvalue weighted by molar-refractivity contribution is 8.00. The molecule has 0 amide bonds. The molecule has 4 rings (SSSR count). The molecule has 4 aromatic rings. The fourth-order valence-electron chi connectivity index (χ4n) is 3.35. The highest BCUT2D eigenvalue weighted by Crippen LogP contribution is 2.37. The molecule has 4 aromatic carbocycles. The molecule has 0 heterocycles. The molecule has 0 saturated heterocycles. The summed E-state index contributed by atoms with van der Waals surface area (Å²) in [7, 11) is 0. The fourth-order valence-corrected chi connectivity index (χ4v) is 6.06. The van der Waals surface area contributed by atoms with Crippen LogP contribution in [0.3, 0.4) is 0 Å². The van der Waals surface area contributed by atoms with E-state index in [0.717, 1.165) is 25.8 Å². The number of hydrogen-bond donors (Lipinski definition) is 0. The monoisotopic (exact) mass is 546 g/mol. The number of carbonyl (C=O) groups is 1. The fraction of sp³-hybridized carbons (Fsp3) is 0.100. The van der Waals surface area contributed by atoms with E-state index >= 15 is 0 Å². The number of esters is 1. The molecule has 0 fully saturated rings. The molecular weight excluding hydrogens is 521 g/mol. The normalized spacial score (nSPS) is 10.7. The molecule has 36 heavy (non-hydrogen) atoms. The number of carbonyl (C=O) groups excluding carboxylic acids is 1. The summed E-state index contributed by atoms with van der Waals surface area (Å²) < 4.78 is 5.70. The molecule has 0 aliphatic heterocycles. The first kappa shape index (κ1) is 26.6. The van der Waals surface area contributed by atoms with Gasteiger partial charge >= 0.3 is 5.97 Å². The van der Waals surface area contributed by atoms with Crippen LogP contribution in [0.4, 0.5) is 0 Å². The average molecular weight is 547 g/mol. The Morgan fingerprint density at radius 1 is 0.722 bits per heavy atom. The molecule has 0 aliphatic rings. The maximum absolute atomic E-state index is 12.7. The third kappa shape index (κ3) is 7.26. The summed E-state index contributed by atoms with van der Waals surface area (Å²) in [6, 6.07) is 30.7. The van der Waals surface area contributed by atoms with Gasteiger partial charge in [-0.1, -0.05) is 54.4 Å². The number of rotatable bonds is 10. The number of thioether (sulfide) groups is 2. The van der Waals surface area contributed by atoms with Gasteiger partial charge in [-0.25, -0.2) is 4.79 Å². The smallest absolute Gasteiger partial charge is 0.338 e. The van der Waals surface area contributed by atoms with Crippen LogP contribution in [-0.4, -0.2) is 18.5 Å². The van der Waals surface area contributed by atoms with Gasteiger partial charge < -0.3 is 4.74 Å². The summed E-state index contributed by atoms with van der Waals surface area (Å²) in [5.74, 6) is -0.335. The average Bonchev–Trinajstić information content (AvgIpc) is 2.93. The molecule has 0 saturated carbocycles. The maximum Gasteiger partial charge on any atom is 0.338 e. The van der Waals surface area contributed by atoms with E-state index in [1.165, 1.54) is 14.7 Å². The Bertz CT molecular complexity index is 1310. The standard InChI is InChI=1S/C30H26O2S4/c1-4-21-5-7-22(8-6-21)30(31)32-20-23-9-10-28(35-26-15-11-24(33-2)12-16-26)19-29(23)36-27-17-13-25(34-3)14-18-27/h4-19H,1,20H2,2-3H3. The largest absolute Gasteiger partial charge is 0.457 e. The van der Waals surface area contributed by atoms with Crippen molar-refractivity contribution in [3.8, 4) is 0 Å². The lowest BCUT2D eigenvalue weighted by atomic mass is 10.1. The molecular formula is C30H26O2S4. The van der Waals surface area contributed by atoms with Crippen LogP contribution in [0.5, 0.6) is 0 Å². The van der Waals surface area contributed by atoms with E-state index in [9.17, 15) is 4.79 Å². The van der Waals surface area contributed by atoms with E-state index in [2.05, 4.69) is 85.8 Å². The van der Waals surface area contributed by atoms with Gasteiger partial charge in [0.25, 0.3) is 0 Å². The lowest BCUT2D eigenvalue weighted by Crippen LogP contribution is -2.06. The van der Waals surface area contributed by atoms with E-state index < -0.39 is 0 Å². The van der Waals surface area contributed by atoms with Crippen LogP contribution in [0.2, 0.25) is 0 Å². The van der Waals surface area contributed by atoms with Crippen molar-refractivity contribution in [3.05, 3.63) is 114 Å². The van der Waals surface area contributed by atoms with Crippen molar-refractivity contribution in [1.82, 2.24) is 0 Å². The van der Waals surface area contributed by atoms with Crippen LogP contribution in [-0.2, 0) is 11.3 Å². The molecule has 6 heteroatoms. The molecule has 0 radical (unpaired) electrons. The molecule has 0 N–H and O–H groups in total. The topological polar surface area (TPSA) is 26.3 Å². The van der Waals surface area contributed by atoms with Crippen molar-refractivity contribution in [2.45, 2.75) is 36.0 Å². The Balaban J connectivity index is 1.54. The predicted octanol–water partition coefficient (Wildman–Crippen LogP) is 9.43. The second-order valence-electron chi connectivity index (χ2n) is 7.73. The maximum atomic E-state index is 12.7. The zero-order valence-electron chi connectivity index (χ0n) is 20.1. The molecule has 182 valence electrons. The van der Waals surface area contributed by atoms with Crippen LogP contribution < -0.4 is 0 Å². The molecule has 2 nitrogen and oxygen atoms in total. The second-order valence-corrected chi connectivity index (χ2v) is 11.7. The summed E-state index contributed by atoms with van der Waals surface area (Å²) in [4.78, 5) is 19.7. The van der Waals surface area contributed by atoms with E-state index in [4.69, 9.17) is 4.74 Å².